The fourth-order valence-corrected chi connectivity index (χ4v) is 2.36. The first kappa shape index (κ1) is 15.8. The molecule has 2 aromatic rings. The summed E-state index contributed by atoms with van der Waals surface area (Å²) in [5, 5.41) is 13.1. The van der Waals surface area contributed by atoms with E-state index in [9.17, 15) is 14.9 Å². The fraction of sp³-hybridized carbons (Fsp3) is 0.133. The van der Waals surface area contributed by atoms with Crippen LogP contribution in [0.5, 0.6) is 0 Å². The number of non-ortho nitro benzene ring substituents is 1. The van der Waals surface area contributed by atoms with Gasteiger partial charge < -0.3 is 4.74 Å². The predicted octanol–water partition coefficient (Wildman–Crippen LogP) is 3.94. The standard InChI is InChI=1S/C15H14N2O4S/c18-15(16-12-4-2-1-3-5-12)21-10-11-22-14-8-6-13(7-9-14)17(19)20/h1-9H,10-11H2,(H,16,18). The minimum atomic E-state index is -0.504. The van der Waals surface area contributed by atoms with Gasteiger partial charge in [0.2, 0.25) is 0 Å². The van der Waals surface area contributed by atoms with E-state index in [1.165, 1.54) is 23.9 Å². The van der Waals surface area contributed by atoms with E-state index in [1.54, 1.807) is 24.3 Å². The molecule has 1 amide bonds. The first-order valence-corrected chi connectivity index (χ1v) is 7.50. The Kier molecular flexibility index (Phi) is 5.79. The molecule has 0 bridgehead atoms. The van der Waals surface area contributed by atoms with Crippen LogP contribution in [0.25, 0.3) is 0 Å². The second kappa shape index (κ2) is 8.04. The van der Waals surface area contributed by atoms with Gasteiger partial charge in [-0.15, -0.1) is 11.8 Å². The third kappa shape index (κ3) is 5.10. The molecule has 1 N–H and O–H groups in total. The first-order chi connectivity index (χ1) is 10.6. The van der Waals surface area contributed by atoms with Crippen LogP contribution in [0.4, 0.5) is 16.2 Å². The van der Waals surface area contributed by atoms with E-state index in [2.05, 4.69) is 5.32 Å². The number of nitrogens with zero attached hydrogens (tertiary/aromatic N) is 1. The van der Waals surface area contributed by atoms with Crippen LogP contribution in [0, 0.1) is 10.1 Å². The zero-order valence-electron chi connectivity index (χ0n) is 11.6. The maximum absolute atomic E-state index is 11.5. The fourth-order valence-electron chi connectivity index (χ4n) is 1.63. The molecule has 22 heavy (non-hydrogen) atoms. The zero-order valence-corrected chi connectivity index (χ0v) is 12.4. The van der Waals surface area contributed by atoms with Gasteiger partial charge in [0.15, 0.2) is 0 Å². The SMILES string of the molecule is O=C(Nc1ccccc1)OCCSc1ccc([N+](=O)[O-])cc1. The topological polar surface area (TPSA) is 81.5 Å². The molecule has 0 aliphatic carbocycles. The number of ether oxygens (including phenoxy) is 1. The highest BCUT2D eigenvalue weighted by Crippen LogP contribution is 2.21. The van der Waals surface area contributed by atoms with Crippen molar-refractivity contribution < 1.29 is 14.5 Å². The summed E-state index contributed by atoms with van der Waals surface area (Å²) >= 11 is 1.46. The number of nitro benzene ring substituents is 1. The van der Waals surface area contributed by atoms with Crippen molar-refractivity contribution in [2.75, 3.05) is 17.7 Å². The number of anilines is 1. The summed E-state index contributed by atoms with van der Waals surface area (Å²) < 4.78 is 5.05. The lowest BCUT2D eigenvalue weighted by Crippen LogP contribution is -2.15. The van der Waals surface area contributed by atoms with Crippen LogP contribution in [-0.2, 0) is 4.74 Å². The minimum absolute atomic E-state index is 0.0582. The molecule has 0 saturated heterocycles. The van der Waals surface area contributed by atoms with Gasteiger partial charge in [0.25, 0.3) is 5.69 Å². The summed E-state index contributed by atoms with van der Waals surface area (Å²) in [6.07, 6.45) is -0.504. The number of thioether (sulfide) groups is 1. The highest BCUT2D eigenvalue weighted by molar-refractivity contribution is 7.99. The molecule has 0 atom stereocenters. The van der Waals surface area contributed by atoms with Gasteiger partial charge >= 0.3 is 6.09 Å². The van der Waals surface area contributed by atoms with Crippen molar-refractivity contribution in [3.8, 4) is 0 Å². The number of carbonyl (C=O) groups is 1. The van der Waals surface area contributed by atoms with Crippen LogP contribution in [-0.4, -0.2) is 23.4 Å². The molecule has 0 aliphatic rings. The first-order valence-electron chi connectivity index (χ1n) is 6.51. The van der Waals surface area contributed by atoms with Crippen LogP contribution in [0.1, 0.15) is 0 Å². The van der Waals surface area contributed by atoms with Crippen molar-refractivity contribution in [3.05, 3.63) is 64.7 Å². The average molecular weight is 318 g/mol. The molecule has 0 spiro atoms. The van der Waals surface area contributed by atoms with Crippen molar-refractivity contribution in [3.63, 3.8) is 0 Å². The van der Waals surface area contributed by atoms with Gasteiger partial charge in [-0.05, 0) is 24.3 Å². The van der Waals surface area contributed by atoms with Gasteiger partial charge in [0.05, 0.1) is 4.92 Å². The summed E-state index contributed by atoms with van der Waals surface area (Å²) in [5.41, 5.74) is 0.735. The van der Waals surface area contributed by atoms with Gasteiger partial charge in [0, 0.05) is 28.5 Å². The molecule has 7 heteroatoms. The van der Waals surface area contributed by atoms with Crippen LogP contribution in [0.3, 0.4) is 0 Å². The lowest BCUT2D eigenvalue weighted by atomic mass is 10.3. The number of amides is 1. The van der Waals surface area contributed by atoms with Crippen LogP contribution in [0.2, 0.25) is 0 Å². The Bertz CT molecular complexity index is 632. The maximum Gasteiger partial charge on any atom is 0.411 e. The van der Waals surface area contributed by atoms with E-state index >= 15 is 0 Å². The Morgan fingerprint density at radius 2 is 1.82 bits per heavy atom. The number of benzene rings is 2. The van der Waals surface area contributed by atoms with E-state index < -0.39 is 11.0 Å². The molecular weight excluding hydrogens is 304 g/mol. The van der Waals surface area contributed by atoms with Crippen LogP contribution >= 0.6 is 11.8 Å². The lowest BCUT2D eigenvalue weighted by Gasteiger charge is -2.06. The summed E-state index contributed by atoms with van der Waals surface area (Å²) in [6.45, 7) is 0.250. The number of carbonyl (C=O) groups excluding carboxylic acids is 1. The van der Waals surface area contributed by atoms with Crippen molar-refractivity contribution in [1.82, 2.24) is 0 Å². The van der Waals surface area contributed by atoms with E-state index in [-0.39, 0.29) is 12.3 Å². The third-order valence-electron chi connectivity index (χ3n) is 2.65. The second-order valence-corrected chi connectivity index (χ2v) is 5.39. The summed E-state index contributed by atoms with van der Waals surface area (Å²) in [7, 11) is 0. The highest BCUT2D eigenvalue weighted by atomic mass is 32.2. The Balaban J connectivity index is 1.68. The Labute approximate surface area is 131 Å². The van der Waals surface area contributed by atoms with E-state index in [0.29, 0.717) is 11.4 Å². The third-order valence-corrected chi connectivity index (χ3v) is 3.63. The quantitative estimate of drug-likeness (QED) is 0.377. The summed E-state index contributed by atoms with van der Waals surface area (Å²) in [6, 6.07) is 15.3. The van der Waals surface area contributed by atoms with Crippen molar-refractivity contribution in [2.24, 2.45) is 0 Å². The molecule has 2 rings (SSSR count). The molecule has 2 aromatic carbocycles. The van der Waals surface area contributed by atoms with Crippen LogP contribution in [0.15, 0.2) is 59.5 Å². The molecule has 0 fully saturated rings. The molecule has 0 heterocycles. The van der Waals surface area contributed by atoms with Gasteiger partial charge in [0.1, 0.15) is 6.61 Å². The minimum Gasteiger partial charge on any atom is -0.448 e. The number of rotatable bonds is 6. The zero-order chi connectivity index (χ0) is 15.8. The largest absolute Gasteiger partial charge is 0.448 e. The van der Waals surface area contributed by atoms with Gasteiger partial charge in [-0.1, -0.05) is 18.2 Å². The summed E-state index contributed by atoms with van der Waals surface area (Å²) in [4.78, 5) is 22.5. The Morgan fingerprint density at radius 3 is 2.45 bits per heavy atom. The smallest absolute Gasteiger partial charge is 0.411 e. The van der Waals surface area contributed by atoms with Crippen LogP contribution < -0.4 is 5.32 Å². The number of nitrogens with one attached hydrogen (secondary N) is 1. The van der Waals surface area contributed by atoms with E-state index in [4.69, 9.17) is 4.74 Å². The van der Waals surface area contributed by atoms with Gasteiger partial charge in [-0.25, -0.2) is 4.79 Å². The molecule has 6 nitrogen and oxygen atoms in total. The lowest BCUT2D eigenvalue weighted by molar-refractivity contribution is -0.384. The average Bonchev–Trinajstić information content (AvgIpc) is 2.53. The van der Waals surface area contributed by atoms with Crippen molar-refractivity contribution >= 4 is 29.2 Å². The summed E-state index contributed by atoms with van der Waals surface area (Å²) in [5.74, 6) is 0.569. The number of hydrogen-bond donors (Lipinski definition) is 1. The Hall–Kier alpha value is -2.54. The van der Waals surface area contributed by atoms with E-state index in [0.717, 1.165) is 4.90 Å². The van der Waals surface area contributed by atoms with Crippen molar-refractivity contribution in [2.45, 2.75) is 4.90 Å². The van der Waals surface area contributed by atoms with E-state index in [1.807, 2.05) is 18.2 Å². The van der Waals surface area contributed by atoms with Gasteiger partial charge in [-0.3, -0.25) is 15.4 Å². The molecule has 0 radical (unpaired) electrons. The number of nitro groups is 1. The monoisotopic (exact) mass is 318 g/mol. The molecule has 0 aliphatic heterocycles. The van der Waals surface area contributed by atoms with Crippen molar-refractivity contribution in [1.29, 1.82) is 0 Å². The maximum atomic E-state index is 11.5. The normalized spacial score (nSPS) is 10.0. The second-order valence-electron chi connectivity index (χ2n) is 4.23. The molecule has 0 aromatic heterocycles. The molecule has 0 unspecified atom stereocenters. The Morgan fingerprint density at radius 1 is 1.14 bits per heavy atom. The number of para-hydroxylation sites is 1. The predicted molar refractivity (Wildman–Crippen MR) is 85.2 cm³/mol. The highest BCUT2D eigenvalue weighted by Gasteiger charge is 2.05. The molecule has 114 valence electrons. The van der Waals surface area contributed by atoms with Gasteiger partial charge in [-0.2, -0.15) is 0 Å². The molecular formula is C15H14N2O4S. The molecule has 0 saturated carbocycles. The number of hydrogen-bond acceptors (Lipinski definition) is 5.